The lowest BCUT2D eigenvalue weighted by Gasteiger charge is -2.31. The van der Waals surface area contributed by atoms with Gasteiger partial charge < -0.3 is 4.90 Å². The predicted octanol–water partition coefficient (Wildman–Crippen LogP) is 3.01. The summed E-state index contributed by atoms with van der Waals surface area (Å²) in [4.78, 5) is 31.4. The van der Waals surface area contributed by atoms with E-state index in [0.717, 1.165) is 0 Å². The van der Waals surface area contributed by atoms with Crippen LogP contribution in [0.2, 0.25) is 5.02 Å². The van der Waals surface area contributed by atoms with Crippen LogP contribution >= 0.6 is 11.6 Å². The normalized spacial score (nSPS) is 19.1. The third-order valence-electron chi connectivity index (χ3n) is 5.63. The van der Waals surface area contributed by atoms with Crippen LogP contribution in [0.15, 0.2) is 42.6 Å². The first-order valence-electron chi connectivity index (χ1n) is 9.91. The minimum absolute atomic E-state index is 0.0802. The molecular weight excluding hydrogens is 426 g/mol. The Labute approximate surface area is 180 Å². The zero-order valence-corrected chi connectivity index (χ0v) is 17.9. The van der Waals surface area contributed by atoms with Gasteiger partial charge in [-0.2, -0.15) is 0 Å². The van der Waals surface area contributed by atoms with Crippen molar-refractivity contribution in [3.63, 3.8) is 0 Å². The molecule has 7 nitrogen and oxygen atoms in total. The van der Waals surface area contributed by atoms with E-state index in [1.165, 1.54) is 10.5 Å². The van der Waals surface area contributed by atoms with Crippen molar-refractivity contribution in [2.45, 2.75) is 19.3 Å². The molecular formula is C21H22ClN3O4S. The summed E-state index contributed by atoms with van der Waals surface area (Å²) >= 11 is 5.88. The molecule has 2 aliphatic heterocycles. The zero-order valence-electron chi connectivity index (χ0n) is 16.3. The van der Waals surface area contributed by atoms with Crippen LogP contribution in [0, 0.1) is 5.92 Å². The van der Waals surface area contributed by atoms with Crippen molar-refractivity contribution < 1.29 is 18.0 Å². The van der Waals surface area contributed by atoms with Gasteiger partial charge in [0.25, 0.3) is 5.91 Å². The van der Waals surface area contributed by atoms with Crippen LogP contribution in [0.4, 0.5) is 5.82 Å². The Kier molecular flexibility index (Phi) is 5.79. The van der Waals surface area contributed by atoms with Crippen LogP contribution in [0.25, 0.3) is 0 Å². The van der Waals surface area contributed by atoms with Gasteiger partial charge in [-0.15, -0.1) is 0 Å². The highest BCUT2D eigenvalue weighted by Crippen LogP contribution is 2.25. The van der Waals surface area contributed by atoms with Gasteiger partial charge in [0.05, 0.1) is 11.3 Å². The van der Waals surface area contributed by atoms with E-state index in [-0.39, 0.29) is 23.4 Å². The first kappa shape index (κ1) is 20.8. The molecule has 0 unspecified atom stereocenters. The van der Waals surface area contributed by atoms with Crippen molar-refractivity contribution in [3.05, 3.63) is 58.7 Å². The molecule has 9 heteroatoms. The molecule has 2 aliphatic rings. The number of carbonyl (C=O) groups is 2. The van der Waals surface area contributed by atoms with Crippen molar-refractivity contribution in [2.75, 3.05) is 29.7 Å². The van der Waals surface area contributed by atoms with Gasteiger partial charge in [-0.1, -0.05) is 11.6 Å². The maximum atomic E-state index is 12.8. The smallest absolute Gasteiger partial charge is 0.255 e. The van der Waals surface area contributed by atoms with E-state index in [4.69, 9.17) is 11.6 Å². The molecule has 158 valence electrons. The number of ketones is 1. The largest absolute Gasteiger partial charge is 0.339 e. The van der Waals surface area contributed by atoms with Crippen molar-refractivity contribution in [2.24, 2.45) is 5.92 Å². The topological polar surface area (TPSA) is 87.7 Å². The van der Waals surface area contributed by atoms with Crippen molar-refractivity contribution in [3.8, 4) is 0 Å². The number of pyridine rings is 1. The van der Waals surface area contributed by atoms with Gasteiger partial charge in [0.2, 0.25) is 10.0 Å². The number of hydrogen-bond acceptors (Lipinski definition) is 5. The molecule has 0 atom stereocenters. The lowest BCUT2D eigenvalue weighted by molar-refractivity contribution is 0.0650. The minimum Gasteiger partial charge on any atom is -0.339 e. The van der Waals surface area contributed by atoms with Crippen LogP contribution in [0.3, 0.4) is 0 Å². The molecule has 0 spiro atoms. The molecule has 3 heterocycles. The SMILES string of the molecule is O=C(c1ccc(Cl)cc1)C1CCN(C(=O)c2ccc(N3CCCS3(=O)=O)nc2)CC1. The Morgan fingerprint density at radius 3 is 2.20 bits per heavy atom. The van der Waals surface area contributed by atoms with Gasteiger partial charge in [0.15, 0.2) is 5.78 Å². The number of likely N-dealkylation sites (tertiary alicyclic amines) is 1. The fourth-order valence-electron chi connectivity index (χ4n) is 3.93. The maximum Gasteiger partial charge on any atom is 0.255 e. The number of anilines is 1. The Morgan fingerprint density at radius 1 is 0.967 bits per heavy atom. The highest BCUT2D eigenvalue weighted by molar-refractivity contribution is 7.93. The molecule has 2 saturated heterocycles. The van der Waals surface area contributed by atoms with E-state index in [9.17, 15) is 18.0 Å². The van der Waals surface area contributed by atoms with Crippen LogP contribution < -0.4 is 4.31 Å². The van der Waals surface area contributed by atoms with Gasteiger partial charge in [0, 0.05) is 42.3 Å². The number of Topliss-reactive ketones (excluding diaryl/α,β-unsaturated/α-hetero) is 1. The number of halogens is 1. The molecule has 30 heavy (non-hydrogen) atoms. The molecule has 1 amide bonds. The average Bonchev–Trinajstić information content (AvgIpc) is 3.12. The van der Waals surface area contributed by atoms with E-state index in [1.54, 1.807) is 41.3 Å². The fraction of sp³-hybridized carbons (Fsp3) is 0.381. The minimum atomic E-state index is -3.30. The predicted molar refractivity (Wildman–Crippen MR) is 114 cm³/mol. The van der Waals surface area contributed by atoms with E-state index in [2.05, 4.69) is 4.98 Å². The molecule has 1 aromatic heterocycles. The van der Waals surface area contributed by atoms with Gasteiger partial charge in [0.1, 0.15) is 5.82 Å². The van der Waals surface area contributed by atoms with Crippen LogP contribution in [-0.2, 0) is 10.0 Å². The summed E-state index contributed by atoms with van der Waals surface area (Å²) in [6.45, 7) is 1.40. The van der Waals surface area contributed by atoms with Gasteiger partial charge in [-0.25, -0.2) is 13.4 Å². The number of piperidine rings is 1. The molecule has 2 aromatic rings. The van der Waals surface area contributed by atoms with E-state index in [1.807, 2.05) is 0 Å². The number of hydrogen-bond donors (Lipinski definition) is 0. The zero-order chi connectivity index (χ0) is 21.3. The second kappa shape index (κ2) is 8.35. The molecule has 1 aromatic carbocycles. The first-order valence-corrected chi connectivity index (χ1v) is 11.9. The lowest BCUT2D eigenvalue weighted by atomic mass is 9.88. The Morgan fingerprint density at radius 2 is 1.63 bits per heavy atom. The molecule has 0 bridgehead atoms. The van der Waals surface area contributed by atoms with Crippen molar-refractivity contribution >= 4 is 39.1 Å². The molecule has 0 radical (unpaired) electrons. The molecule has 0 N–H and O–H groups in total. The summed E-state index contributed by atoms with van der Waals surface area (Å²) < 4.78 is 25.3. The fourth-order valence-corrected chi connectivity index (χ4v) is 5.57. The number of amides is 1. The highest BCUT2D eigenvalue weighted by atomic mass is 35.5. The Hall–Kier alpha value is -2.45. The summed E-state index contributed by atoms with van der Waals surface area (Å²) in [5, 5.41) is 0.592. The van der Waals surface area contributed by atoms with E-state index < -0.39 is 10.0 Å². The summed E-state index contributed by atoms with van der Waals surface area (Å²) in [6, 6.07) is 10.1. The van der Waals surface area contributed by atoms with Crippen LogP contribution in [0.5, 0.6) is 0 Å². The van der Waals surface area contributed by atoms with Gasteiger partial charge >= 0.3 is 0 Å². The average molecular weight is 448 g/mol. The number of aromatic nitrogens is 1. The molecule has 0 saturated carbocycles. The van der Waals surface area contributed by atoms with Crippen molar-refractivity contribution in [1.82, 2.24) is 9.88 Å². The number of rotatable bonds is 4. The number of nitrogens with zero attached hydrogens (tertiary/aromatic N) is 3. The number of carbonyl (C=O) groups excluding carboxylic acids is 2. The van der Waals surface area contributed by atoms with Crippen LogP contribution in [-0.4, -0.2) is 55.4 Å². The first-order chi connectivity index (χ1) is 14.3. The highest BCUT2D eigenvalue weighted by Gasteiger charge is 2.31. The van der Waals surface area contributed by atoms with Crippen molar-refractivity contribution in [1.29, 1.82) is 0 Å². The van der Waals surface area contributed by atoms with E-state index in [0.29, 0.717) is 60.9 Å². The molecule has 2 fully saturated rings. The molecule has 0 aliphatic carbocycles. The van der Waals surface area contributed by atoms with Crippen LogP contribution in [0.1, 0.15) is 40.0 Å². The maximum absolute atomic E-state index is 12.8. The number of sulfonamides is 1. The second-order valence-corrected chi connectivity index (χ2v) is 10.0. The molecule has 4 rings (SSSR count). The third-order valence-corrected chi connectivity index (χ3v) is 7.73. The lowest BCUT2D eigenvalue weighted by Crippen LogP contribution is -2.40. The van der Waals surface area contributed by atoms with E-state index >= 15 is 0 Å². The summed E-state index contributed by atoms with van der Waals surface area (Å²) in [5.74, 6) is 0.277. The second-order valence-electron chi connectivity index (χ2n) is 7.58. The summed E-state index contributed by atoms with van der Waals surface area (Å²) in [6.07, 6.45) is 3.21. The monoisotopic (exact) mass is 447 g/mol. The summed E-state index contributed by atoms with van der Waals surface area (Å²) in [7, 11) is -3.30. The standard InChI is InChI=1S/C21H22ClN3O4S/c22-18-5-2-15(3-6-18)20(26)16-8-11-24(12-9-16)21(27)17-4-7-19(23-14-17)25-10-1-13-30(25,28)29/h2-7,14,16H,1,8-13H2. The quantitative estimate of drug-likeness (QED) is 0.672. The summed E-state index contributed by atoms with van der Waals surface area (Å²) in [5.41, 5.74) is 1.05. The Balaban J connectivity index is 1.37. The third kappa shape index (κ3) is 4.20. The Bertz CT molecular complexity index is 1050. The van der Waals surface area contributed by atoms with Gasteiger partial charge in [-0.05, 0) is 55.7 Å². The van der Waals surface area contributed by atoms with Gasteiger partial charge in [-0.3, -0.25) is 13.9 Å². The number of benzene rings is 1.